The van der Waals surface area contributed by atoms with Gasteiger partial charge in [0.25, 0.3) is 0 Å². The number of nitrogens with zero attached hydrogens (tertiary/aromatic N) is 1. The molecule has 0 saturated carbocycles. The van der Waals surface area contributed by atoms with E-state index in [1.54, 1.807) is 7.11 Å². The molecular weight excluding hydrogens is 228 g/mol. The zero-order chi connectivity index (χ0) is 13.0. The van der Waals surface area contributed by atoms with Crippen LogP contribution in [0.4, 0.5) is 0 Å². The second kappa shape index (κ2) is 6.18. The first kappa shape index (κ1) is 13.3. The largest absolute Gasteiger partial charge is 0.497 e. The van der Waals surface area contributed by atoms with E-state index in [1.165, 1.54) is 5.56 Å². The summed E-state index contributed by atoms with van der Waals surface area (Å²) in [7, 11) is 3.80. The van der Waals surface area contributed by atoms with E-state index < -0.39 is 0 Å². The van der Waals surface area contributed by atoms with Crippen LogP contribution in [-0.2, 0) is 4.74 Å². The number of ether oxygens (including phenoxy) is 2. The number of benzene rings is 1. The van der Waals surface area contributed by atoms with E-state index in [0.29, 0.717) is 12.6 Å². The Hall–Kier alpha value is -1.10. The molecule has 1 aliphatic rings. The van der Waals surface area contributed by atoms with Crippen molar-refractivity contribution >= 4 is 0 Å². The molecule has 1 saturated heterocycles. The number of hydrogen-bond donors (Lipinski definition) is 1. The van der Waals surface area contributed by atoms with Gasteiger partial charge in [0.05, 0.1) is 13.7 Å². The predicted molar refractivity (Wildman–Crippen MR) is 71.8 cm³/mol. The summed E-state index contributed by atoms with van der Waals surface area (Å²) in [5.41, 5.74) is 7.16. The zero-order valence-electron chi connectivity index (χ0n) is 11.1. The third kappa shape index (κ3) is 2.83. The van der Waals surface area contributed by atoms with E-state index in [4.69, 9.17) is 15.2 Å². The van der Waals surface area contributed by atoms with Crippen molar-refractivity contribution in [2.45, 2.75) is 18.5 Å². The highest BCUT2D eigenvalue weighted by atomic mass is 16.5. The lowest BCUT2D eigenvalue weighted by Crippen LogP contribution is -2.38. The topological polar surface area (TPSA) is 47.7 Å². The van der Waals surface area contributed by atoms with E-state index in [2.05, 4.69) is 24.1 Å². The van der Waals surface area contributed by atoms with Crippen molar-refractivity contribution in [3.05, 3.63) is 29.8 Å². The Morgan fingerprint density at radius 2 is 2.17 bits per heavy atom. The Bertz CT molecular complexity index is 361. The Morgan fingerprint density at radius 1 is 1.44 bits per heavy atom. The molecule has 1 aliphatic heterocycles. The lowest BCUT2D eigenvalue weighted by atomic mass is 10.0. The lowest BCUT2D eigenvalue weighted by molar-refractivity contribution is 0.134. The Balaban J connectivity index is 2.10. The molecule has 0 amide bonds. The molecule has 18 heavy (non-hydrogen) atoms. The summed E-state index contributed by atoms with van der Waals surface area (Å²) in [6.07, 6.45) is 1.09. The smallest absolute Gasteiger partial charge is 0.118 e. The van der Waals surface area contributed by atoms with E-state index >= 15 is 0 Å². The summed E-state index contributed by atoms with van der Waals surface area (Å²) in [5.74, 6) is 0.876. The van der Waals surface area contributed by atoms with Crippen LogP contribution in [-0.4, -0.2) is 44.9 Å². The average Bonchev–Trinajstić information content (AvgIpc) is 2.94. The molecule has 4 nitrogen and oxygen atoms in total. The summed E-state index contributed by atoms with van der Waals surface area (Å²) < 4.78 is 10.6. The van der Waals surface area contributed by atoms with Crippen molar-refractivity contribution in [3.8, 4) is 5.75 Å². The fraction of sp³-hybridized carbons (Fsp3) is 0.571. The summed E-state index contributed by atoms with van der Waals surface area (Å²) in [4.78, 5) is 2.33. The van der Waals surface area contributed by atoms with Crippen LogP contribution >= 0.6 is 0 Å². The van der Waals surface area contributed by atoms with Gasteiger partial charge in [-0.1, -0.05) is 12.1 Å². The van der Waals surface area contributed by atoms with Crippen LogP contribution in [0.15, 0.2) is 24.3 Å². The highest BCUT2D eigenvalue weighted by Gasteiger charge is 2.26. The molecule has 0 aromatic heterocycles. The molecule has 0 bridgehead atoms. The van der Waals surface area contributed by atoms with Crippen LogP contribution in [0.5, 0.6) is 5.75 Å². The van der Waals surface area contributed by atoms with Gasteiger partial charge in [0.1, 0.15) is 5.75 Å². The second-order valence-corrected chi connectivity index (χ2v) is 4.71. The monoisotopic (exact) mass is 250 g/mol. The molecule has 1 aromatic rings. The molecule has 2 unspecified atom stereocenters. The van der Waals surface area contributed by atoms with Gasteiger partial charge in [0.2, 0.25) is 0 Å². The average molecular weight is 250 g/mol. The van der Waals surface area contributed by atoms with Gasteiger partial charge in [0.15, 0.2) is 0 Å². The quantitative estimate of drug-likeness (QED) is 0.858. The van der Waals surface area contributed by atoms with Gasteiger partial charge in [-0.05, 0) is 31.2 Å². The molecule has 4 heteroatoms. The van der Waals surface area contributed by atoms with Crippen LogP contribution < -0.4 is 10.5 Å². The number of rotatable bonds is 5. The van der Waals surface area contributed by atoms with Crippen LogP contribution in [0.3, 0.4) is 0 Å². The van der Waals surface area contributed by atoms with Crippen molar-refractivity contribution < 1.29 is 9.47 Å². The van der Waals surface area contributed by atoms with Crippen molar-refractivity contribution in [2.75, 3.05) is 33.9 Å². The number of hydrogen-bond acceptors (Lipinski definition) is 4. The molecule has 0 radical (unpaired) electrons. The maximum atomic E-state index is 5.93. The molecule has 0 spiro atoms. The number of methoxy groups -OCH3 is 1. The zero-order valence-corrected chi connectivity index (χ0v) is 11.1. The first-order chi connectivity index (χ1) is 8.76. The number of likely N-dealkylation sites (N-methyl/N-ethyl adjacent to an activating group) is 1. The summed E-state index contributed by atoms with van der Waals surface area (Å²) >= 11 is 0. The van der Waals surface area contributed by atoms with Crippen molar-refractivity contribution in [3.63, 3.8) is 0 Å². The van der Waals surface area contributed by atoms with Gasteiger partial charge in [-0.3, -0.25) is 4.90 Å². The third-order valence-corrected chi connectivity index (χ3v) is 3.70. The van der Waals surface area contributed by atoms with Gasteiger partial charge in [-0.15, -0.1) is 0 Å². The van der Waals surface area contributed by atoms with Gasteiger partial charge in [-0.2, -0.15) is 0 Å². The first-order valence-corrected chi connectivity index (χ1v) is 6.40. The third-order valence-electron chi connectivity index (χ3n) is 3.70. The number of nitrogens with two attached hydrogens (primary N) is 1. The highest BCUT2D eigenvalue weighted by Crippen LogP contribution is 2.25. The summed E-state index contributed by atoms with van der Waals surface area (Å²) in [5, 5.41) is 0. The molecule has 0 aliphatic carbocycles. The van der Waals surface area contributed by atoms with Gasteiger partial charge in [0, 0.05) is 25.2 Å². The van der Waals surface area contributed by atoms with Crippen molar-refractivity contribution in [1.29, 1.82) is 0 Å². The molecule has 1 heterocycles. The van der Waals surface area contributed by atoms with Crippen molar-refractivity contribution in [2.24, 2.45) is 5.73 Å². The lowest BCUT2D eigenvalue weighted by Gasteiger charge is -2.31. The highest BCUT2D eigenvalue weighted by molar-refractivity contribution is 5.29. The van der Waals surface area contributed by atoms with Crippen LogP contribution in [0.1, 0.15) is 18.0 Å². The van der Waals surface area contributed by atoms with E-state index in [-0.39, 0.29) is 6.04 Å². The molecule has 2 N–H and O–H groups in total. The Morgan fingerprint density at radius 3 is 2.67 bits per heavy atom. The van der Waals surface area contributed by atoms with Gasteiger partial charge >= 0.3 is 0 Å². The molecule has 2 atom stereocenters. The van der Waals surface area contributed by atoms with E-state index in [0.717, 1.165) is 25.4 Å². The van der Waals surface area contributed by atoms with Crippen LogP contribution in [0.25, 0.3) is 0 Å². The standard InChI is InChI=1S/C14H22N2O2/c1-16(12-7-8-18-10-12)14(9-15)11-3-5-13(17-2)6-4-11/h3-6,12,14H,7-10,15H2,1-2H3. The minimum Gasteiger partial charge on any atom is -0.497 e. The minimum atomic E-state index is 0.239. The maximum absolute atomic E-state index is 5.93. The molecular formula is C14H22N2O2. The molecule has 2 rings (SSSR count). The van der Waals surface area contributed by atoms with Crippen LogP contribution in [0.2, 0.25) is 0 Å². The first-order valence-electron chi connectivity index (χ1n) is 6.40. The predicted octanol–water partition coefficient (Wildman–Crippen LogP) is 1.42. The fourth-order valence-corrected chi connectivity index (χ4v) is 2.46. The maximum Gasteiger partial charge on any atom is 0.118 e. The van der Waals surface area contributed by atoms with Crippen molar-refractivity contribution in [1.82, 2.24) is 4.90 Å². The normalized spacial score (nSPS) is 21.2. The Kier molecular flexibility index (Phi) is 4.58. The summed E-state index contributed by atoms with van der Waals surface area (Å²) in [6, 6.07) is 8.85. The molecule has 1 fully saturated rings. The molecule has 100 valence electrons. The second-order valence-electron chi connectivity index (χ2n) is 4.71. The fourth-order valence-electron chi connectivity index (χ4n) is 2.46. The Labute approximate surface area is 109 Å². The van der Waals surface area contributed by atoms with E-state index in [9.17, 15) is 0 Å². The van der Waals surface area contributed by atoms with E-state index in [1.807, 2.05) is 12.1 Å². The van der Waals surface area contributed by atoms with Crippen LogP contribution in [0, 0.1) is 0 Å². The minimum absolute atomic E-state index is 0.239. The summed E-state index contributed by atoms with van der Waals surface area (Å²) in [6.45, 7) is 2.28. The SMILES string of the molecule is COc1ccc(C(CN)N(C)C2CCOC2)cc1. The molecule has 1 aromatic carbocycles. The van der Waals surface area contributed by atoms with Gasteiger partial charge in [-0.25, -0.2) is 0 Å². The van der Waals surface area contributed by atoms with Gasteiger partial charge < -0.3 is 15.2 Å².